The van der Waals surface area contributed by atoms with Crippen molar-refractivity contribution >= 4 is 5.78 Å². The Kier molecular flexibility index (Phi) is 4.04. The van der Waals surface area contributed by atoms with Gasteiger partial charge in [-0.15, -0.1) is 0 Å². The zero-order valence-electron chi connectivity index (χ0n) is 15.6. The fourth-order valence-electron chi connectivity index (χ4n) is 5.18. The molecule has 1 aliphatic heterocycles. The van der Waals surface area contributed by atoms with Gasteiger partial charge in [-0.05, 0) is 55.9 Å². The molecule has 2 aromatic carbocycles. The molecular weight excluding hydrogens is 336 g/mol. The van der Waals surface area contributed by atoms with Gasteiger partial charge in [0.25, 0.3) is 0 Å². The van der Waals surface area contributed by atoms with E-state index in [0.717, 1.165) is 41.9 Å². The highest BCUT2D eigenvalue weighted by atomic mass is 16.5. The van der Waals surface area contributed by atoms with Gasteiger partial charge in [0, 0.05) is 17.0 Å². The van der Waals surface area contributed by atoms with E-state index in [-0.39, 0.29) is 23.7 Å². The van der Waals surface area contributed by atoms with E-state index in [4.69, 9.17) is 9.47 Å². The molecule has 0 saturated heterocycles. The maximum Gasteiger partial charge on any atom is 0.170 e. The third kappa shape index (κ3) is 2.68. The van der Waals surface area contributed by atoms with Crippen LogP contribution in [0.4, 0.5) is 0 Å². The molecule has 2 bridgehead atoms. The van der Waals surface area contributed by atoms with Crippen LogP contribution in [0.3, 0.4) is 0 Å². The number of hydrogen-bond acceptors (Lipinski definition) is 3. The second kappa shape index (κ2) is 6.56. The average Bonchev–Trinajstić information content (AvgIpc) is 2.74. The van der Waals surface area contributed by atoms with Crippen LogP contribution in [-0.2, 0) is 0 Å². The molecule has 138 valence electrons. The minimum atomic E-state index is -0.0753. The zero-order chi connectivity index (χ0) is 18.4. The molecule has 3 aliphatic rings. The Morgan fingerprint density at radius 2 is 1.81 bits per heavy atom. The van der Waals surface area contributed by atoms with E-state index in [1.807, 2.05) is 42.5 Å². The molecule has 3 unspecified atom stereocenters. The molecule has 0 saturated carbocycles. The first-order valence-corrected chi connectivity index (χ1v) is 9.92. The number of carbonyl (C=O) groups excluding carboxylic acids is 1. The molecule has 2 aliphatic carbocycles. The van der Waals surface area contributed by atoms with Crippen molar-refractivity contribution in [2.45, 2.75) is 44.1 Å². The summed E-state index contributed by atoms with van der Waals surface area (Å²) in [6.45, 7) is 0. The molecule has 0 radical (unpaired) electrons. The fraction of sp³-hybridized carbons (Fsp3) is 0.375. The second-order valence-electron chi connectivity index (χ2n) is 7.82. The van der Waals surface area contributed by atoms with Gasteiger partial charge in [-0.25, -0.2) is 0 Å². The summed E-state index contributed by atoms with van der Waals surface area (Å²) in [6.07, 6.45) is 5.48. The Morgan fingerprint density at radius 1 is 1.04 bits per heavy atom. The summed E-state index contributed by atoms with van der Waals surface area (Å²) in [5.74, 6) is 2.08. The predicted octanol–water partition coefficient (Wildman–Crippen LogP) is 5.31. The number of benzene rings is 2. The molecule has 3 atom stereocenters. The Morgan fingerprint density at radius 3 is 2.59 bits per heavy atom. The van der Waals surface area contributed by atoms with Crippen LogP contribution in [0, 0.1) is 5.92 Å². The average molecular weight is 360 g/mol. The quantitative estimate of drug-likeness (QED) is 0.549. The minimum absolute atomic E-state index is 0.0753. The molecule has 0 fully saturated rings. The topological polar surface area (TPSA) is 35.5 Å². The van der Waals surface area contributed by atoms with Gasteiger partial charge in [0.2, 0.25) is 0 Å². The molecule has 3 heteroatoms. The van der Waals surface area contributed by atoms with Crippen LogP contribution in [0.25, 0.3) is 0 Å². The molecule has 27 heavy (non-hydrogen) atoms. The van der Waals surface area contributed by atoms with E-state index in [1.165, 1.54) is 24.0 Å². The lowest BCUT2D eigenvalue weighted by atomic mass is 9.64. The van der Waals surface area contributed by atoms with E-state index >= 15 is 0 Å². The van der Waals surface area contributed by atoms with Crippen molar-refractivity contribution in [1.82, 2.24) is 0 Å². The lowest BCUT2D eigenvalue weighted by Gasteiger charge is -2.45. The van der Waals surface area contributed by atoms with Crippen LogP contribution < -0.4 is 9.47 Å². The molecule has 0 amide bonds. The van der Waals surface area contributed by atoms with Crippen molar-refractivity contribution < 1.29 is 14.3 Å². The van der Waals surface area contributed by atoms with Crippen molar-refractivity contribution in [2.24, 2.45) is 5.92 Å². The van der Waals surface area contributed by atoms with Crippen LogP contribution in [0.5, 0.6) is 11.5 Å². The largest absolute Gasteiger partial charge is 0.497 e. The molecule has 0 N–H and O–H groups in total. The third-order valence-electron chi connectivity index (χ3n) is 6.42. The van der Waals surface area contributed by atoms with Gasteiger partial charge in [0.1, 0.15) is 17.6 Å². The van der Waals surface area contributed by atoms with Gasteiger partial charge in [0.05, 0.1) is 13.0 Å². The predicted molar refractivity (Wildman–Crippen MR) is 105 cm³/mol. The normalized spacial score (nSPS) is 25.9. The number of rotatable bonds is 3. The maximum absolute atomic E-state index is 13.6. The number of ether oxygens (including phenoxy) is 2. The third-order valence-corrected chi connectivity index (χ3v) is 6.42. The highest BCUT2D eigenvalue weighted by molar-refractivity contribution is 6.00. The van der Waals surface area contributed by atoms with Crippen LogP contribution in [0.15, 0.2) is 59.7 Å². The van der Waals surface area contributed by atoms with Gasteiger partial charge in [-0.1, -0.05) is 35.9 Å². The van der Waals surface area contributed by atoms with Gasteiger partial charge < -0.3 is 9.47 Å². The monoisotopic (exact) mass is 360 g/mol. The lowest BCUT2D eigenvalue weighted by Crippen LogP contribution is -2.41. The molecule has 0 aromatic heterocycles. The molecule has 3 nitrogen and oxygen atoms in total. The molecule has 0 spiro atoms. The number of hydrogen-bond donors (Lipinski definition) is 0. The molecular formula is C24H24O3. The van der Waals surface area contributed by atoms with Crippen molar-refractivity contribution in [3.8, 4) is 11.5 Å². The number of methoxy groups -OCH3 is 1. The van der Waals surface area contributed by atoms with Gasteiger partial charge in [0.15, 0.2) is 5.78 Å². The Hall–Kier alpha value is -2.55. The van der Waals surface area contributed by atoms with Gasteiger partial charge >= 0.3 is 0 Å². The van der Waals surface area contributed by atoms with Gasteiger partial charge in [-0.3, -0.25) is 4.79 Å². The van der Waals surface area contributed by atoms with E-state index in [2.05, 4.69) is 6.07 Å². The number of Topliss-reactive ketones (excluding diaryl/α,β-unsaturated/α-hetero) is 1. The Balaban J connectivity index is 1.65. The van der Waals surface area contributed by atoms with Crippen molar-refractivity contribution in [2.75, 3.05) is 7.11 Å². The molecule has 1 heterocycles. The van der Waals surface area contributed by atoms with E-state index in [9.17, 15) is 4.79 Å². The Bertz CT molecular complexity index is 912. The first kappa shape index (κ1) is 16.6. The smallest absolute Gasteiger partial charge is 0.170 e. The lowest BCUT2D eigenvalue weighted by molar-refractivity contribution is 0.0853. The highest BCUT2D eigenvalue weighted by Gasteiger charge is 2.46. The molecule has 2 aromatic rings. The van der Waals surface area contributed by atoms with E-state index in [0.29, 0.717) is 0 Å². The summed E-state index contributed by atoms with van der Waals surface area (Å²) in [4.78, 5) is 13.6. The maximum atomic E-state index is 13.6. The summed E-state index contributed by atoms with van der Waals surface area (Å²) in [5.41, 5.74) is 4.68. The van der Waals surface area contributed by atoms with Crippen LogP contribution in [-0.4, -0.2) is 19.0 Å². The minimum Gasteiger partial charge on any atom is -0.497 e. The first-order valence-electron chi connectivity index (χ1n) is 9.92. The van der Waals surface area contributed by atoms with Crippen molar-refractivity contribution in [3.63, 3.8) is 0 Å². The zero-order valence-corrected chi connectivity index (χ0v) is 15.6. The summed E-state index contributed by atoms with van der Waals surface area (Å²) in [7, 11) is 1.68. The number of carbonyl (C=O) groups is 1. The summed E-state index contributed by atoms with van der Waals surface area (Å²) >= 11 is 0. The highest BCUT2D eigenvalue weighted by Crippen LogP contribution is 2.53. The molecule has 5 rings (SSSR count). The van der Waals surface area contributed by atoms with E-state index < -0.39 is 0 Å². The van der Waals surface area contributed by atoms with Crippen LogP contribution >= 0.6 is 0 Å². The standard InChI is InChI=1S/C24H24O3/c1-26-16-11-12-21-19(13-16)20-14-22(27-21)17-9-5-6-10-18(17)23(20)24(25)15-7-3-2-4-8-15/h2-4,7-8,11-13,20,22-23H,5-6,9-10,14H2,1H3. The number of ketones is 1. The SMILES string of the molecule is COc1ccc2c(c1)C1CC(O2)C2=C(CCCC2)C1C(=O)c1ccccc1. The van der Waals surface area contributed by atoms with Crippen molar-refractivity contribution in [1.29, 1.82) is 0 Å². The fourth-order valence-corrected chi connectivity index (χ4v) is 5.18. The summed E-state index contributed by atoms with van der Waals surface area (Å²) in [6, 6.07) is 15.8. The number of allylic oxidation sites excluding steroid dienone is 1. The first-order chi connectivity index (χ1) is 13.3. The van der Waals surface area contributed by atoms with Gasteiger partial charge in [-0.2, -0.15) is 0 Å². The number of fused-ring (bicyclic) bond motifs is 5. The summed E-state index contributed by atoms with van der Waals surface area (Å²) in [5, 5.41) is 0. The Labute approximate surface area is 160 Å². The van der Waals surface area contributed by atoms with Crippen molar-refractivity contribution in [3.05, 3.63) is 70.8 Å². The second-order valence-corrected chi connectivity index (χ2v) is 7.82. The van der Waals surface area contributed by atoms with Crippen LogP contribution in [0.1, 0.15) is 53.9 Å². The van der Waals surface area contributed by atoms with Crippen LogP contribution in [0.2, 0.25) is 0 Å². The van der Waals surface area contributed by atoms with E-state index in [1.54, 1.807) is 7.11 Å². The summed E-state index contributed by atoms with van der Waals surface area (Å²) < 4.78 is 11.8.